The molecule has 1 heterocycles. The lowest BCUT2D eigenvalue weighted by atomic mass is 9.94. The van der Waals surface area contributed by atoms with Crippen molar-refractivity contribution < 1.29 is 12.8 Å². The maximum Gasteiger partial charge on any atom is 0.243 e. The molecule has 1 aliphatic rings. The van der Waals surface area contributed by atoms with E-state index in [1.165, 1.54) is 23.4 Å². The van der Waals surface area contributed by atoms with E-state index in [4.69, 9.17) is 5.73 Å². The van der Waals surface area contributed by atoms with Gasteiger partial charge in [-0.2, -0.15) is 4.31 Å². The van der Waals surface area contributed by atoms with Crippen LogP contribution in [0.2, 0.25) is 0 Å². The summed E-state index contributed by atoms with van der Waals surface area (Å²) in [7, 11) is -3.68. The number of rotatable bonds is 3. The van der Waals surface area contributed by atoms with Crippen LogP contribution in [0.4, 0.5) is 4.39 Å². The second-order valence-corrected chi connectivity index (χ2v) is 8.08. The lowest BCUT2D eigenvalue weighted by molar-refractivity contribution is 0.222. The Morgan fingerprint density at radius 3 is 2.38 bits per heavy atom. The molecule has 2 atom stereocenters. The van der Waals surface area contributed by atoms with Crippen LogP contribution in [0.25, 0.3) is 0 Å². The van der Waals surface area contributed by atoms with E-state index in [9.17, 15) is 12.8 Å². The average molecular weight is 314 g/mol. The van der Waals surface area contributed by atoms with Gasteiger partial charge in [-0.1, -0.05) is 13.8 Å². The number of piperidine rings is 1. The Bertz CT molecular complexity index is 621. The summed E-state index contributed by atoms with van der Waals surface area (Å²) in [6.45, 7) is 6.68. The van der Waals surface area contributed by atoms with E-state index in [1.54, 1.807) is 0 Å². The Morgan fingerprint density at radius 1 is 1.29 bits per heavy atom. The molecule has 0 radical (unpaired) electrons. The zero-order chi connectivity index (χ0) is 15.8. The molecule has 1 saturated heterocycles. The molecule has 0 spiro atoms. The number of halogens is 1. The highest BCUT2D eigenvalue weighted by molar-refractivity contribution is 7.89. The molecule has 1 aromatic rings. The van der Waals surface area contributed by atoms with Crippen LogP contribution < -0.4 is 5.73 Å². The topological polar surface area (TPSA) is 63.4 Å². The van der Waals surface area contributed by atoms with E-state index in [-0.39, 0.29) is 17.0 Å². The predicted octanol–water partition coefficient (Wildman–Crippen LogP) is 2.26. The maximum absolute atomic E-state index is 13.9. The monoisotopic (exact) mass is 314 g/mol. The smallest absolute Gasteiger partial charge is 0.243 e. The second kappa shape index (κ2) is 6.02. The lowest BCUT2D eigenvalue weighted by Crippen LogP contribution is -2.42. The first-order valence-electron chi connectivity index (χ1n) is 7.25. The zero-order valence-electron chi connectivity index (χ0n) is 12.8. The van der Waals surface area contributed by atoms with Crippen molar-refractivity contribution in [1.29, 1.82) is 0 Å². The van der Waals surface area contributed by atoms with Gasteiger partial charge in [-0.05, 0) is 42.9 Å². The van der Waals surface area contributed by atoms with Crippen molar-refractivity contribution in [2.24, 2.45) is 17.6 Å². The summed E-state index contributed by atoms with van der Waals surface area (Å²) in [5, 5.41) is 0. The van der Waals surface area contributed by atoms with Crippen molar-refractivity contribution in [2.45, 2.75) is 38.6 Å². The third-order valence-corrected chi connectivity index (χ3v) is 6.00. The third kappa shape index (κ3) is 3.27. The molecule has 21 heavy (non-hydrogen) atoms. The fraction of sp³-hybridized carbons (Fsp3) is 0.600. The molecule has 2 rings (SSSR count). The summed E-state index contributed by atoms with van der Waals surface area (Å²) in [6.07, 6.45) is 1.02. The number of sulfonamides is 1. The van der Waals surface area contributed by atoms with Crippen LogP contribution in [0.1, 0.15) is 31.4 Å². The standard InChI is InChI=1S/C15H23FN2O2S/c1-10-4-11(2)9-18(8-10)21(19,20)15-6-13(7-17)5-14(16)12(15)3/h5-6,10-11H,4,7-9,17H2,1-3H3. The van der Waals surface area contributed by atoms with E-state index in [2.05, 4.69) is 0 Å². The van der Waals surface area contributed by atoms with Crippen molar-refractivity contribution in [2.75, 3.05) is 13.1 Å². The summed E-state index contributed by atoms with van der Waals surface area (Å²) in [4.78, 5) is 0.0456. The van der Waals surface area contributed by atoms with Crippen molar-refractivity contribution >= 4 is 10.0 Å². The molecule has 118 valence electrons. The van der Waals surface area contributed by atoms with Gasteiger partial charge in [0.05, 0.1) is 4.90 Å². The largest absolute Gasteiger partial charge is 0.326 e. The van der Waals surface area contributed by atoms with Gasteiger partial charge in [-0.15, -0.1) is 0 Å². The first-order chi connectivity index (χ1) is 9.75. The highest BCUT2D eigenvalue weighted by Crippen LogP contribution is 2.29. The SMILES string of the molecule is Cc1c(F)cc(CN)cc1S(=O)(=O)N1CC(C)CC(C)C1. The Morgan fingerprint density at radius 2 is 1.86 bits per heavy atom. The lowest BCUT2D eigenvalue weighted by Gasteiger charge is -2.34. The first kappa shape index (κ1) is 16.4. The molecule has 0 bridgehead atoms. The van der Waals surface area contributed by atoms with Gasteiger partial charge < -0.3 is 5.73 Å². The van der Waals surface area contributed by atoms with E-state index < -0.39 is 15.8 Å². The molecule has 0 aromatic heterocycles. The van der Waals surface area contributed by atoms with Crippen LogP contribution in [0.15, 0.2) is 17.0 Å². The Kier molecular flexibility index (Phi) is 4.70. The number of benzene rings is 1. The van der Waals surface area contributed by atoms with Gasteiger partial charge in [0, 0.05) is 25.2 Å². The molecule has 0 saturated carbocycles. The van der Waals surface area contributed by atoms with Crippen LogP contribution in [0.5, 0.6) is 0 Å². The molecule has 1 aliphatic heterocycles. The minimum atomic E-state index is -3.68. The Hall–Kier alpha value is -0.980. The molecule has 0 aliphatic carbocycles. The van der Waals surface area contributed by atoms with Gasteiger partial charge in [-0.3, -0.25) is 0 Å². The Balaban J connectivity index is 2.46. The van der Waals surface area contributed by atoms with Gasteiger partial charge in [0.15, 0.2) is 0 Å². The van der Waals surface area contributed by atoms with E-state index in [1.807, 2.05) is 13.8 Å². The zero-order valence-corrected chi connectivity index (χ0v) is 13.6. The molecular formula is C15H23FN2O2S. The summed E-state index contributed by atoms with van der Waals surface area (Å²) in [6, 6.07) is 2.80. The van der Waals surface area contributed by atoms with Gasteiger partial charge in [0.25, 0.3) is 0 Å². The van der Waals surface area contributed by atoms with Crippen molar-refractivity contribution in [1.82, 2.24) is 4.31 Å². The molecule has 6 heteroatoms. The quantitative estimate of drug-likeness (QED) is 0.931. The van der Waals surface area contributed by atoms with Crippen LogP contribution in [-0.4, -0.2) is 25.8 Å². The van der Waals surface area contributed by atoms with Crippen LogP contribution in [0.3, 0.4) is 0 Å². The molecule has 1 fully saturated rings. The minimum absolute atomic E-state index is 0.0456. The van der Waals surface area contributed by atoms with Crippen LogP contribution in [-0.2, 0) is 16.6 Å². The normalized spacial score (nSPS) is 24.2. The second-order valence-electron chi connectivity index (χ2n) is 6.17. The molecule has 2 unspecified atom stereocenters. The number of nitrogens with zero attached hydrogens (tertiary/aromatic N) is 1. The Labute approximate surface area is 126 Å². The summed E-state index contributed by atoms with van der Waals surface area (Å²) in [5.41, 5.74) is 6.19. The van der Waals surface area contributed by atoms with E-state index >= 15 is 0 Å². The minimum Gasteiger partial charge on any atom is -0.326 e. The molecule has 0 amide bonds. The van der Waals surface area contributed by atoms with Gasteiger partial charge in [0.1, 0.15) is 5.82 Å². The number of nitrogens with two attached hydrogens (primary N) is 1. The van der Waals surface area contributed by atoms with Gasteiger partial charge >= 0.3 is 0 Å². The fourth-order valence-electron chi connectivity index (χ4n) is 3.03. The van der Waals surface area contributed by atoms with Crippen molar-refractivity contribution in [3.8, 4) is 0 Å². The highest BCUT2D eigenvalue weighted by atomic mass is 32.2. The van der Waals surface area contributed by atoms with Crippen molar-refractivity contribution in [3.63, 3.8) is 0 Å². The van der Waals surface area contributed by atoms with Crippen LogP contribution >= 0.6 is 0 Å². The molecule has 2 N–H and O–H groups in total. The van der Waals surface area contributed by atoms with Crippen molar-refractivity contribution in [3.05, 3.63) is 29.1 Å². The van der Waals surface area contributed by atoms with Gasteiger partial charge in [0.2, 0.25) is 10.0 Å². The third-order valence-electron chi connectivity index (χ3n) is 4.05. The van der Waals surface area contributed by atoms with E-state index in [0.717, 1.165) is 6.42 Å². The molecular weight excluding hydrogens is 291 g/mol. The van der Waals surface area contributed by atoms with Gasteiger partial charge in [-0.25, -0.2) is 12.8 Å². The first-order valence-corrected chi connectivity index (χ1v) is 8.69. The predicted molar refractivity (Wildman–Crippen MR) is 80.7 cm³/mol. The summed E-state index contributed by atoms with van der Waals surface area (Å²) >= 11 is 0. The van der Waals surface area contributed by atoms with E-state index in [0.29, 0.717) is 30.5 Å². The number of hydrogen-bond donors (Lipinski definition) is 1. The average Bonchev–Trinajstić information content (AvgIpc) is 2.40. The molecule has 1 aromatic carbocycles. The number of hydrogen-bond acceptors (Lipinski definition) is 3. The summed E-state index contributed by atoms with van der Waals surface area (Å²) < 4.78 is 41.1. The maximum atomic E-state index is 13.9. The highest BCUT2D eigenvalue weighted by Gasteiger charge is 2.33. The fourth-order valence-corrected chi connectivity index (χ4v) is 5.00. The molecule has 4 nitrogen and oxygen atoms in total. The van der Waals surface area contributed by atoms with Crippen LogP contribution in [0, 0.1) is 24.6 Å². The summed E-state index contributed by atoms with van der Waals surface area (Å²) in [5.74, 6) is 0.104.